The van der Waals surface area contributed by atoms with Crippen LogP contribution in [0.2, 0.25) is 0 Å². The van der Waals surface area contributed by atoms with Crippen LogP contribution >= 0.6 is 22.7 Å². The van der Waals surface area contributed by atoms with Crippen molar-refractivity contribution < 1.29 is 19.1 Å². The summed E-state index contributed by atoms with van der Waals surface area (Å²) in [5, 5.41) is 15.0. The number of carbonyl (C=O) groups is 1. The van der Waals surface area contributed by atoms with Crippen LogP contribution < -0.4 is 0 Å². The number of nitrogens with zero attached hydrogens (tertiary/aromatic N) is 1. The number of aliphatic hydroxyl groups is 1. The molecule has 4 heterocycles. The molecular formula is C17H20NO3S2+. The minimum Gasteiger partial charge on any atom is -0.450 e. The molecule has 2 aliphatic heterocycles. The second-order valence-electron chi connectivity index (χ2n) is 6.96. The van der Waals surface area contributed by atoms with Crippen molar-refractivity contribution in [2.75, 3.05) is 26.7 Å². The first-order valence-corrected chi connectivity index (χ1v) is 9.59. The first kappa shape index (κ1) is 15.3. The Labute approximate surface area is 143 Å². The van der Waals surface area contributed by atoms with Crippen LogP contribution in [0.4, 0.5) is 0 Å². The van der Waals surface area contributed by atoms with E-state index in [1.54, 1.807) is 12.1 Å². The van der Waals surface area contributed by atoms with E-state index in [9.17, 15) is 9.90 Å². The van der Waals surface area contributed by atoms with Gasteiger partial charge in [-0.3, -0.25) is 0 Å². The third kappa shape index (κ3) is 2.36. The third-order valence-corrected chi connectivity index (χ3v) is 7.20. The number of piperidine rings is 1. The molecule has 0 aromatic carbocycles. The van der Waals surface area contributed by atoms with Gasteiger partial charge in [-0.1, -0.05) is 12.1 Å². The topological polar surface area (TPSA) is 46.5 Å². The van der Waals surface area contributed by atoms with Gasteiger partial charge >= 0.3 is 5.97 Å². The molecule has 2 aromatic rings. The molecule has 0 aliphatic carbocycles. The fourth-order valence-electron chi connectivity index (χ4n) is 3.89. The molecular weight excluding hydrogens is 330 g/mol. The molecule has 0 spiro atoms. The number of rotatable bonds is 4. The molecule has 0 saturated carbocycles. The summed E-state index contributed by atoms with van der Waals surface area (Å²) in [4.78, 5) is 14.3. The minimum absolute atomic E-state index is 0.395. The molecule has 4 nitrogen and oxygen atoms in total. The lowest BCUT2D eigenvalue weighted by molar-refractivity contribution is -0.890. The predicted octanol–water partition coefficient (Wildman–Crippen LogP) is 2.58. The number of thiophene rings is 2. The van der Waals surface area contributed by atoms with Gasteiger partial charge in [0.25, 0.3) is 0 Å². The summed E-state index contributed by atoms with van der Waals surface area (Å²) in [6.45, 7) is 2.96. The Balaban J connectivity index is 1.67. The zero-order chi connectivity index (χ0) is 16.1. The van der Waals surface area contributed by atoms with E-state index in [1.807, 2.05) is 22.9 Å². The van der Waals surface area contributed by atoms with Crippen molar-refractivity contribution in [3.05, 3.63) is 44.8 Å². The predicted molar refractivity (Wildman–Crippen MR) is 90.5 cm³/mol. The zero-order valence-corrected chi connectivity index (χ0v) is 14.7. The second kappa shape index (κ2) is 5.14. The van der Waals surface area contributed by atoms with E-state index < -0.39 is 17.2 Å². The summed E-state index contributed by atoms with van der Waals surface area (Å²) in [6.07, 6.45) is 1.78. The highest BCUT2D eigenvalue weighted by molar-refractivity contribution is 7.12. The molecule has 122 valence electrons. The molecule has 2 aromatic heterocycles. The molecule has 2 aliphatic rings. The number of quaternary nitrogens is 1. The lowest BCUT2D eigenvalue weighted by Crippen LogP contribution is -2.44. The molecule has 0 atom stereocenters. The van der Waals surface area contributed by atoms with E-state index >= 15 is 0 Å². The molecule has 2 saturated heterocycles. The van der Waals surface area contributed by atoms with Gasteiger partial charge in [-0.25, -0.2) is 4.79 Å². The number of fused-ring (bicyclic) bond motifs is 2. The summed E-state index contributed by atoms with van der Waals surface area (Å²) in [6, 6.07) is 7.30. The van der Waals surface area contributed by atoms with Crippen LogP contribution in [-0.4, -0.2) is 47.8 Å². The van der Waals surface area contributed by atoms with E-state index in [0.717, 1.165) is 37.0 Å². The monoisotopic (exact) mass is 350 g/mol. The van der Waals surface area contributed by atoms with Gasteiger partial charge in [-0.15, -0.1) is 22.7 Å². The number of esters is 1. The van der Waals surface area contributed by atoms with E-state index in [2.05, 4.69) is 7.05 Å². The number of hydrogen-bond donors (Lipinski definition) is 1. The summed E-state index contributed by atoms with van der Waals surface area (Å²) in [7, 11) is 2.22. The van der Waals surface area contributed by atoms with E-state index in [4.69, 9.17) is 4.74 Å². The van der Waals surface area contributed by atoms with Gasteiger partial charge < -0.3 is 14.3 Å². The van der Waals surface area contributed by atoms with Crippen LogP contribution in [0.25, 0.3) is 0 Å². The average molecular weight is 350 g/mol. The minimum atomic E-state index is -1.69. The maximum Gasteiger partial charge on any atom is 0.350 e. The maximum absolute atomic E-state index is 13.0. The fourth-order valence-corrected chi connectivity index (χ4v) is 5.61. The molecule has 2 bridgehead atoms. The largest absolute Gasteiger partial charge is 0.450 e. The normalized spacial score (nSPS) is 29.8. The highest BCUT2D eigenvalue weighted by Crippen LogP contribution is 2.43. The van der Waals surface area contributed by atoms with Crippen LogP contribution in [0.15, 0.2) is 35.0 Å². The first-order valence-electron chi connectivity index (χ1n) is 7.83. The van der Waals surface area contributed by atoms with Crippen LogP contribution in [0.3, 0.4) is 0 Å². The second-order valence-corrected chi connectivity index (χ2v) is 8.86. The Bertz CT molecular complexity index is 666. The van der Waals surface area contributed by atoms with Crippen LogP contribution in [-0.2, 0) is 15.1 Å². The van der Waals surface area contributed by atoms with Crippen molar-refractivity contribution in [3.63, 3.8) is 0 Å². The Morgan fingerprint density at radius 2 is 1.78 bits per heavy atom. The van der Waals surface area contributed by atoms with Crippen LogP contribution in [0.5, 0.6) is 0 Å². The molecule has 23 heavy (non-hydrogen) atoms. The molecule has 2 fully saturated rings. The molecule has 0 radical (unpaired) electrons. The van der Waals surface area contributed by atoms with E-state index in [1.165, 1.54) is 22.7 Å². The standard InChI is InChI=1S/C17H20NO3S2/c1-18-8-6-16(12-18,7-9-18)21-15(19)17(20,13-4-2-10-22-13)14-5-3-11-23-14/h2-5,10-11,20H,6-9,12H2,1H3/q+1. The number of likely N-dealkylation sites (N-methyl/N-ethyl adjacent to an activating group) is 1. The number of hydrogen-bond acceptors (Lipinski definition) is 5. The Morgan fingerprint density at radius 3 is 2.17 bits per heavy atom. The number of carbonyl (C=O) groups excluding carboxylic acids is 1. The SMILES string of the molecule is C[N+]12CCC(OC(=O)C(O)(c3cccs3)c3cccs3)(CC1)C2. The number of ether oxygens (including phenoxy) is 1. The lowest BCUT2D eigenvalue weighted by Gasteiger charge is -2.29. The van der Waals surface area contributed by atoms with Gasteiger partial charge in [-0.05, 0) is 22.9 Å². The summed E-state index contributed by atoms with van der Waals surface area (Å²) in [5.41, 5.74) is -2.08. The van der Waals surface area contributed by atoms with Crippen molar-refractivity contribution in [1.29, 1.82) is 0 Å². The summed E-state index contributed by atoms with van der Waals surface area (Å²) in [5.74, 6) is -0.530. The summed E-state index contributed by atoms with van der Waals surface area (Å²) >= 11 is 2.76. The van der Waals surface area contributed by atoms with Gasteiger partial charge in [-0.2, -0.15) is 0 Å². The molecule has 4 rings (SSSR count). The smallest absolute Gasteiger partial charge is 0.350 e. The summed E-state index contributed by atoms with van der Waals surface area (Å²) < 4.78 is 6.95. The quantitative estimate of drug-likeness (QED) is 0.681. The Morgan fingerprint density at radius 1 is 1.22 bits per heavy atom. The van der Waals surface area contributed by atoms with Gasteiger partial charge in [0.2, 0.25) is 5.60 Å². The highest BCUT2D eigenvalue weighted by Gasteiger charge is 2.58. The third-order valence-electron chi connectivity index (χ3n) is 5.24. The van der Waals surface area contributed by atoms with Crippen molar-refractivity contribution in [3.8, 4) is 0 Å². The molecule has 0 unspecified atom stereocenters. The maximum atomic E-state index is 13.0. The van der Waals surface area contributed by atoms with Gasteiger partial charge in [0.05, 0.1) is 29.9 Å². The van der Waals surface area contributed by atoms with Crippen molar-refractivity contribution in [1.82, 2.24) is 0 Å². The average Bonchev–Trinajstić information content (AvgIpc) is 3.29. The van der Waals surface area contributed by atoms with Crippen molar-refractivity contribution in [2.24, 2.45) is 0 Å². The molecule has 1 N–H and O–H groups in total. The van der Waals surface area contributed by atoms with E-state index in [0.29, 0.717) is 9.75 Å². The molecule has 0 amide bonds. The van der Waals surface area contributed by atoms with Gasteiger partial charge in [0.1, 0.15) is 6.54 Å². The fraction of sp³-hybridized carbons (Fsp3) is 0.471. The van der Waals surface area contributed by atoms with E-state index in [-0.39, 0.29) is 0 Å². The van der Waals surface area contributed by atoms with Crippen LogP contribution in [0.1, 0.15) is 22.6 Å². The van der Waals surface area contributed by atoms with Crippen molar-refractivity contribution >= 4 is 28.6 Å². The Hall–Kier alpha value is -1.21. The van der Waals surface area contributed by atoms with Crippen LogP contribution in [0, 0.1) is 0 Å². The van der Waals surface area contributed by atoms with Crippen molar-refractivity contribution in [2.45, 2.75) is 24.0 Å². The zero-order valence-electron chi connectivity index (χ0n) is 13.0. The Kier molecular flexibility index (Phi) is 3.43. The van der Waals surface area contributed by atoms with Gasteiger partial charge in [0, 0.05) is 12.8 Å². The first-order chi connectivity index (χ1) is 11.0. The molecule has 6 heteroatoms. The highest BCUT2D eigenvalue weighted by atomic mass is 32.1. The van der Waals surface area contributed by atoms with Gasteiger partial charge in [0.15, 0.2) is 5.60 Å². The lowest BCUT2D eigenvalue weighted by atomic mass is 9.96.